The van der Waals surface area contributed by atoms with Crippen molar-refractivity contribution in [1.82, 2.24) is 9.88 Å². The normalized spacial score (nSPS) is 11.8. The summed E-state index contributed by atoms with van der Waals surface area (Å²) in [5.74, 6) is 0.194. The molecule has 4 nitrogen and oxygen atoms in total. The molecule has 0 saturated heterocycles. The van der Waals surface area contributed by atoms with Crippen molar-refractivity contribution in [3.8, 4) is 5.88 Å². The SMILES string of the molecule is COc1ncccc1C(=O)N(C)C(C)c1ccc(Cl)cc1. The van der Waals surface area contributed by atoms with Crippen LogP contribution in [0.25, 0.3) is 0 Å². The average Bonchev–Trinajstić information content (AvgIpc) is 2.53. The van der Waals surface area contributed by atoms with Gasteiger partial charge in [0.1, 0.15) is 5.56 Å². The van der Waals surface area contributed by atoms with Crippen LogP contribution in [0.1, 0.15) is 28.9 Å². The molecule has 0 saturated carbocycles. The Morgan fingerprint density at radius 3 is 2.57 bits per heavy atom. The van der Waals surface area contributed by atoms with E-state index < -0.39 is 0 Å². The van der Waals surface area contributed by atoms with Crippen LogP contribution in [0, 0.1) is 0 Å². The Balaban J connectivity index is 2.24. The molecular weight excluding hydrogens is 288 g/mol. The van der Waals surface area contributed by atoms with Crippen LogP contribution in [0.4, 0.5) is 0 Å². The van der Waals surface area contributed by atoms with Gasteiger partial charge in [0.15, 0.2) is 0 Å². The number of pyridine rings is 1. The molecule has 1 heterocycles. The highest BCUT2D eigenvalue weighted by Crippen LogP contribution is 2.24. The lowest BCUT2D eigenvalue weighted by molar-refractivity contribution is 0.0738. The summed E-state index contributed by atoms with van der Waals surface area (Å²) >= 11 is 5.89. The highest BCUT2D eigenvalue weighted by molar-refractivity contribution is 6.30. The van der Waals surface area contributed by atoms with Gasteiger partial charge in [-0.15, -0.1) is 0 Å². The van der Waals surface area contributed by atoms with Crippen molar-refractivity contribution < 1.29 is 9.53 Å². The van der Waals surface area contributed by atoms with Gasteiger partial charge in [0.05, 0.1) is 13.2 Å². The molecule has 1 unspecified atom stereocenters. The molecule has 1 amide bonds. The quantitative estimate of drug-likeness (QED) is 0.867. The second-order valence-corrected chi connectivity index (χ2v) is 5.14. The number of hydrogen-bond donors (Lipinski definition) is 0. The van der Waals surface area contributed by atoms with Gasteiger partial charge < -0.3 is 9.64 Å². The standard InChI is InChI=1S/C16H17ClN2O2/c1-11(12-6-8-13(17)9-7-12)19(2)16(20)14-5-4-10-18-15(14)21-3/h4-11H,1-3H3. The third-order valence-corrected chi connectivity index (χ3v) is 3.70. The van der Waals surface area contributed by atoms with Gasteiger partial charge in [0.2, 0.25) is 5.88 Å². The number of aromatic nitrogens is 1. The maximum absolute atomic E-state index is 12.6. The fourth-order valence-corrected chi connectivity index (χ4v) is 2.17. The van der Waals surface area contributed by atoms with Gasteiger partial charge in [-0.25, -0.2) is 4.98 Å². The molecule has 0 radical (unpaired) electrons. The van der Waals surface area contributed by atoms with E-state index in [4.69, 9.17) is 16.3 Å². The zero-order chi connectivity index (χ0) is 15.4. The van der Waals surface area contributed by atoms with Crippen molar-refractivity contribution >= 4 is 17.5 Å². The second-order valence-electron chi connectivity index (χ2n) is 4.70. The first kappa shape index (κ1) is 15.3. The molecule has 2 aromatic rings. The lowest BCUT2D eigenvalue weighted by atomic mass is 10.1. The number of rotatable bonds is 4. The third-order valence-electron chi connectivity index (χ3n) is 3.45. The molecular formula is C16H17ClN2O2. The summed E-state index contributed by atoms with van der Waals surface area (Å²) in [7, 11) is 3.26. The molecule has 2 rings (SSSR count). The molecule has 0 N–H and O–H groups in total. The summed E-state index contributed by atoms with van der Waals surface area (Å²) in [5, 5.41) is 0.675. The van der Waals surface area contributed by atoms with E-state index in [0.29, 0.717) is 16.5 Å². The van der Waals surface area contributed by atoms with Gasteiger partial charge >= 0.3 is 0 Å². The van der Waals surface area contributed by atoms with Crippen molar-refractivity contribution in [3.63, 3.8) is 0 Å². The highest BCUT2D eigenvalue weighted by Gasteiger charge is 2.22. The molecule has 1 aromatic heterocycles. The Hall–Kier alpha value is -2.07. The number of hydrogen-bond acceptors (Lipinski definition) is 3. The Bertz CT molecular complexity index is 628. The zero-order valence-corrected chi connectivity index (χ0v) is 13.0. The van der Waals surface area contributed by atoms with E-state index in [1.54, 1.807) is 30.3 Å². The van der Waals surface area contributed by atoms with Crippen LogP contribution in [0.2, 0.25) is 5.02 Å². The molecule has 0 bridgehead atoms. The molecule has 0 fully saturated rings. The molecule has 1 atom stereocenters. The Morgan fingerprint density at radius 1 is 1.29 bits per heavy atom. The molecule has 21 heavy (non-hydrogen) atoms. The van der Waals surface area contributed by atoms with Gasteiger partial charge in [0.25, 0.3) is 5.91 Å². The van der Waals surface area contributed by atoms with Crippen molar-refractivity contribution in [2.75, 3.05) is 14.2 Å². The lowest BCUT2D eigenvalue weighted by Gasteiger charge is -2.25. The molecule has 0 aliphatic heterocycles. The molecule has 0 spiro atoms. The van der Waals surface area contributed by atoms with Gasteiger partial charge in [-0.05, 0) is 36.8 Å². The molecule has 0 aliphatic rings. The van der Waals surface area contributed by atoms with Crippen molar-refractivity contribution in [3.05, 3.63) is 58.7 Å². The minimum atomic E-state index is -0.137. The van der Waals surface area contributed by atoms with Crippen LogP contribution in [0.3, 0.4) is 0 Å². The topological polar surface area (TPSA) is 42.4 Å². The van der Waals surface area contributed by atoms with E-state index >= 15 is 0 Å². The molecule has 0 aliphatic carbocycles. The van der Waals surface area contributed by atoms with E-state index in [-0.39, 0.29) is 11.9 Å². The number of methoxy groups -OCH3 is 1. The number of ether oxygens (including phenoxy) is 1. The van der Waals surface area contributed by atoms with E-state index in [2.05, 4.69) is 4.98 Å². The minimum absolute atomic E-state index is 0.0836. The number of carbonyl (C=O) groups excluding carboxylic acids is 1. The number of benzene rings is 1. The van der Waals surface area contributed by atoms with E-state index in [0.717, 1.165) is 5.56 Å². The first-order valence-electron chi connectivity index (χ1n) is 6.56. The predicted molar refractivity (Wildman–Crippen MR) is 82.7 cm³/mol. The van der Waals surface area contributed by atoms with Crippen LogP contribution >= 0.6 is 11.6 Å². The Labute approximate surface area is 129 Å². The van der Waals surface area contributed by atoms with Crippen LogP contribution in [0.15, 0.2) is 42.6 Å². The summed E-state index contributed by atoms with van der Waals surface area (Å²) < 4.78 is 5.14. The van der Waals surface area contributed by atoms with Gasteiger partial charge in [-0.2, -0.15) is 0 Å². The lowest BCUT2D eigenvalue weighted by Crippen LogP contribution is -2.30. The monoisotopic (exact) mass is 304 g/mol. The molecule has 1 aromatic carbocycles. The fourth-order valence-electron chi connectivity index (χ4n) is 2.05. The predicted octanol–water partition coefficient (Wildman–Crippen LogP) is 3.58. The largest absolute Gasteiger partial charge is 0.480 e. The van der Waals surface area contributed by atoms with Crippen molar-refractivity contribution in [2.45, 2.75) is 13.0 Å². The molecule has 110 valence electrons. The maximum Gasteiger partial charge on any atom is 0.259 e. The first-order valence-corrected chi connectivity index (χ1v) is 6.94. The number of carbonyl (C=O) groups is 1. The van der Waals surface area contributed by atoms with Gasteiger partial charge in [-0.3, -0.25) is 4.79 Å². The van der Waals surface area contributed by atoms with Gasteiger partial charge in [0, 0.05) is 18.3 Å². The first-order chi connectivity index (χ1) is 10.0. The summed E-state index contributed by atoms with van der Waals surface area (Å²) in [4.78, 5) is 18.3. The van der Waals surface area contributed by atoms with Crippen LogP contribution in [-0.4, -0.2) is 29.9 Å². The fraction of sp³-hybridized carbons (Fsp3) is 0.250. The zero-order valence-electron chi connectivity index (χ0n) is 12.2. The van der Waals surface area contributed by atoms with Crippen LogP contribution in [0.5, 0.6) is 5.88 Å². The minimum Gasteiger partial charge on any atom is -0.480 e. The van der Waals surface area contributed by atoms with Crippen LogP contribution in [-0.2, 0) is 0 Å². The summed E-state index contributed by atoms with van der Waals surface area (Å²) in [5.41, 5.74) is 1.46. The molecule has 5 heteroatoms. The smallest absolute Gasteiger partial charge is 0.259 e. The van der Waals surface area contributed by atoms with E-state index in [1.807, 2.05) is 31.2 Å². The Kier molecular flexibility index (Phi) is 4.81. The highest BCUT2D eigenvalue weighted by atomic mass is 35.5. The van der Waals surface area contributed by atoms with Crippen molar-refractivity contribution in [1.29, 1.82) is 0 Å². The summed E-state index contributed by atoms with van der Waals surface area (Å²) in [6, 6.07) is 10.8. The number of halogens is 1. The van der Waals surface area contributed by atoms with Crippen molar-refractivity contribution in [2.24, 2.45) is 0 Å². The Morgan fingerprint density at radius 2 is 1.95 bits per heavy atom. The van der Waals surface area contributed by atoms with E-state index in [9.17, 15) is 4.79 Å². The third kappa shape index (κ3) is 3.34. The maximum atomic E-state index is 12.6. The average molecular weight is 305 g/mol. The summed E-state index contributed by atoms with van der Waals surface area (Å²) in [6.45, 7) is 1.96. The van der Waals surface area contributed by atoms with E-state index in [1.165, 1.54) is 7.11 Å². The van der Waals surface area contributed by atoms with Gasteiger partial charge in [-0.1, -0.05) is 23.7 Å². The second kappa shape index (κ2) is 6.59. The van der Waals surface area contributed by atoms with Crippen LogP contribution < -0.4 is 4.74 Å². The number of nitrogens with zero attached hydrogens (tertiary/aromatic N) is 2. The summed E-state index contributed by atoms with van der Waals surface area (Å²) in [6.07, 6.45) is 1.60. The number of amides is 1.